The largest absolute Gasteiger partial charge is 0.379 e. The molecule has 1 aromatic rings. The Balaban J connectivity index is 1.93. The zero-order chi connectivity index (χ0) is 11.7. The maximum Gasteiger partial charge on any atom is 0.0588 e. The zero-order valence-corrected chi connectivity index (χ0v) is 10.3. The van der Waals surface area contributed by atoms with Gasteiger partial charge in [-0.05, 0) is 29.9 Å². The Morgan fingerprint density at radius 3 is 2.59 bits per heavy atom. The molecule has 17 heavy (non-hydrogen) atoms. The Hall–Kier alpha value is -0.860. The number of hydrogen-bond donors (Lipinski definition) is 1. The smallest absolute Gasteiger partial charge is 0.0588 e. The molecule has 2 nitrogen and oxygen atoms in total. The first kappa shape index (κ1) is 11.2. The minimum Gasteiger partial charge on any atom is -0.379 e. The van der Waals surface area contributed by atoms with Crippen molar-refractivity contribution in [2.75, 3.05) is 13.2 Å². The summed E-state index contributed by atoms with van der Waals surface area (Å²) in [5.41, 5.74) is 8.75. The molecule has 1 saturated heterocycles. The number of rotatable bonds is 3. The van der Waals surface area contributed by atoms with Crippen LogP contribution in [0.5, 0.6) is 0 Å². The van der Waals surface area contributed by atoms with Crippen LogP contribution in [0.3, 0.4) is 0 Å². The van der Waals surface area contributed by atoms with Gasteiger partial charge in [0.15, 0.2) is 0 Å². The van der Waals surface area contributed by atoms with Crippen molar-refractivity contribution >= 4 is 0 Å². The molecule has 0 radical (unpaired) electrons. The van der Waals surface area contributed by atoms with E-state index in [0.29, 0.717) is 12.0 Å². The summed E-state index contributed by atoms with van der Waals surface area (Å²) in [6, 6.07) is 8.82. The predicted molar refractivity (Wildman–Crippen MR) is 68.8 cm³/mol. The molecular weight excluding hydrogens is 210 g/mol. The highest BCUT2D eigenvalue weighted by Crippen LogP contribution is 2.47. The zero-order valence-electron chi connectivity index (χ0n) is 10.3. The molecule has 2 heteroatoms. The van der Waals surface area contributed by atoms with E-state index in [1.54, 1.807) is 0 Å². The summed E-state index contributed by atoms with van der Waals surface area (Å²) < 4.78 is 5.55. The summed E-state index contributed by atoms with van der Waals surface area (Å²) in [7, 11) is 0. The highest BCUT2D eigenvalue weighted by atomic mass is 16.5. The lowest BCUT2D eigenvalue weighted by Crippen LogP contribution is -2.51. The minimum atomic E-state index is 0.307. The summed E-state index contributed by atoms with van der Waals surface area (Å²) in [4.78, 5) is 0. The van der Waals surface area contributed by atoms with E-state index in [4.69, 9.17) is 10.5 Å². The molecule has 92 valence electrons. The van der Waals surface area contributed by atoms with E-state index in [9.17, 15) is 0 Å². The third-order valence-corrected chi connectivity index (χ3v) is 4.59. The molecule has 1 saturated carbocycles. The van der Waals surface area contributed by atoms with Crippen molar-refractivity contribution in [3.05, 3.63) is 35.4 Å². The van der Waals surface area contributed by atoms with E-state index >= 15 is 0 Å². The lowest BCUT2D eigenvalue weighted by molar-refractivity contribution is -0.0896. The van der Waals surface area contributed by atoms with Crippen LogP contribution in [0.2, 0.25) is 0 Å². The van der Waals surface area contributed by atoms with Crippen molar-refractivity contribution in [3.8, 4) is 0 Å². The van der Waals surface area contributed by atoms with Crippen LogP contribution in [0.4, 0.5) is 0 Å². The number of benzene rings is 1. The third-order valence-electron chi connectivity index (χ3n) is 4.59. The minimum absolute atomic E-state index is 0.307. The first-order valence-electron chi connectivity index (χ1n) is 6.72. The molecule has 1 heterocycles. The maximum atomic E-state index is 5.74. The lowest BCUT2D eigenvalue weighted by Gasteiger charge is -2.47. The summed E-state index contributed by atoms with van der Waals surface area (Å²) >= 11 is 0. The molecule has 2 fully saturated rings. The number of nitrogens with two attached hydrogens (primary N) is 1. The van der Waals surface area contributed by atoms with Crippen molar-refractivity contribution in [3.63, 3.8) is 0 Å². The van der Waals surface area contributed by atoms with Crippen molar-refractivity contribution < 1.29 is 4.74 Å². The second-order valence-corrected chi connectivity index (χ2v) is 5.53. The van der Waals surface area contributed by atoms with Gasteiger partial charge in [0.05, 0.1) is 13.2 Å². The van der Waals surface area contributed by atoms with Crippen LogP contribution in [0.15, 0.2) is 24.3 Å². The van der Waals surface area contributed by atoms with E-state index in [2.05, 4.69) is 24.3 Å². The highest BCUT2D eigenvalue weighted by Gasteiger charge is 2.47. The molecule has 0 amide bonds. The average Bonchev–Trinajstić information content (AvgIpc) is 2.82. The Morgan fingerprint density at radius 1 is 1.24 bits per heavy atom. The fourth-order valence-electron chi connectivity index (χ4n) is 3.45. The normalized spacial score (nSPS) is 23.6. The summed E-state index contributed by atoms with van der Waals surface area (Å²) in [6.07, 6.45) is 5.53. The van der Waals surface area contributed by atoms with Crippen LogP contribution in [-0.4, -0.2) is 13.2 Å². The van der Waals surface area contributed by atoms with Crippen LogP contribution >= 0.6 is 0 Å². The van der Waals surface area contributed by atoms with Crippen molar-refractivity contribution in [1.82, 2.24) is 0 Å². The molecule has 2 aliphatic rings. The predicted octanol–water partition coefficient (Wildman–Crippen LogP) is 2.60. The van der Waals surface area contributed by atoms with Crippen molar-refractivity contribution in [1.29, 1.82) is 0 Å². The van der Waals surface area contributed by atoms with Crippen LogP contribution in [0.25, 0.3) is 0 Å². The molecule has 0 bridgehead atoms. The van der Waals surface area contributed by atoms with Gasteiger partial charge < -0.3 is 10.5 Å². The fourth-order valence-corrected chi connectivity index (χ4v) is 3.45. The average molecular weight is 231 g/mol. The van der Waals surface area contributed by atoms with Gasteiger partial charge in [-0.3, -0.25) is 0 Å². The van der Waals surface area contributed by atoms with Gasteiger partial charge in [0, 0.05) is 12.0 Å². The fraction of sp³-hybridized carbons (Fsp3) is 0.600. The quantitative estimate of drug-likeness (QED) is 0.868. The Labute approximate surface area is 103 Å². The van der Waals surface area contributed by atoms with Crippen LogP contribution < -0.4 is 5.73 Å². The van der Waals surface area contributed by atoms with Crippen molar-refractivity contribution in [2.45, 2.75) is 37.6 Å². The number of hydrogen-bond acceptors (Lipinski definition) is 2. The topological polar surface area (TPSA) is 35.2 Å². The summed E-state index contributed by atoms with van der Waals surface area (Å²) in [5.74, 6) is 0.823. The number of ether oxygens (including phenoxy) is 1. The molecule has 1 aliphatic heterocycles. The van der Waals surface area contributed by atoms with Gasteiger partial charge in [0.25, 0.3) is 0 Å². The lowest BCUT2D eigenvalue weighted by atomic mass is 9.67. The first-order chi connectivity index (χ1) is 8.35. The molecule has 0 atom stereocenters. The van der Waals surface area contributed by atoms with Gasteiger partial charge in [0.2, 0.25) is 0 Å². The Bertz CT molecular complexity index is 392. The summed E-state index contributed by atoms with van der Waals surface area (Å²) in [5, 5.41) is 0. The van der Waals surface area contributed by atoms with Crippen LogP contribution in [0.1, 0.15) is 36.8 Å². The van der Waals surface area contributed by atoms with Gasteiger partial charge in [0.1, 0.15) is 0 Å². The van der Waals surface area contributed by atoms with Gasteiger partial charge in [-0.15, -0.1) is 0 Å². The Kier molecular flexibility index (Phi) is 2.93. The molecule has 0 unspecified atom stereocenters. The van der Waals surface area contributed by atoms with Gasteiger partial charge in [-0.2, -0.15) is 0 Å². The second-order valence-electron chi connectivity index (χ2n) is 5.53. The van der Waals surface area contributed by atoms with E-state index in [0.717, 1.165) is 19.1 Å². The van der Waals surface area contributed by atoms with Gasteiger partial charge >= 0.3 is 0 Å². The van der Waals surface area contributed by atoms with E-state index in [-0.39, 0.29) is 0 Å². The van der Waals surface area contributed by atoms with Gasteiger partial charge in [-0.25, -0.2) is 0 Å². The van der Waals surface area contributed by atoms with Crippen LogP contribution in [-0.2, 0) is 16.7 Å². The molecule has 0 aromatic heterocycles. The molecule has 3 rings (SSSR count). The molecule has 0 spiro atoms. The maximum absolute atomic E-state index is 5.74. The van der Waals surface area contributed by atoms with E-state index < -0.39 is 0 Å². The van der Waals surface area contributed by atoms with E-state index in [1.165, 1.54) is 36.8 Å². The van der Waals surface area contributed by atoms with Crippen molar-refractivity contribution in [2.24, 2.45) is 11.7 Å². The molecule has 1 aliphatic carbocycles. The van der Waals surface area contributed by atoms with Crippen LogP contribution in [0, 0.1) is 5.92 Å². The molecule has 1 aromatic carbocycles. The SMILES string of the molecule is NCc1cccc(C2(C3CCCC3)COC2)c1. The van der Waals surface area contributed by atoms with Gasteiger partial charge in [-0.1, -0.05) is 37.1 Å². The highest BCUT2D eigenvalue weighted by molar-refractivity contribution is 5.33. The summed E-state index contributed by atoms with van der Waals surface area (Å²) in [6.45, 7) is 2.45. The molecule has 2 N–H and O–H groups in total. The molecular formula is C15H21NO. The second kappa shape index (κ2) is 4.43. The first-order valence-corrected chi connectivity index (χ1v) is 6.72. The monoisotopic (exact) mass is 231 g/mol. The Morgan fingerprint density at radius 2 is 2.00 bits per heavy atom. The van der Waals surface area contributed by atoms with E-state index in [1.807, 2.05) is 0 Å². The third kappa shape index (κ3) is 1.80. The standard InChI is InChI=1S/C15H21NO/c16-9-12-4-3-7-14(8-12)15(10-17-11-15)13-5-1-2-6-13/h3-4,7-8,13H,1-2,5-6,9-11,16H2.